The SMILES string of the molecule is CCCn1ccnc1C(=O)c1ccccc1OC(F)F. The van der Waals surface area contributed by atoms with E-state index in [2.05, 4.69) is 9.72 Å². The molecule has 1 heterocycles. The second-order valence-corrected chi connectivity index (χ2v) is 4.15. The quantitative estimate of drug-likeness (QED) is 0.764. The number of nitrogens with zero attached hydrogens (tertiary/aromatic N) is 2. The molecule has 4 nitrogen and oxygen atoms in total. The average Bonchev–Trinajstić information content (AvgIpc) is 2.86. The van der Waals surface area contributed by atoms with E-state index in [1.807, 2.05) is 6.92 Å². The zero-order valence-corrected chi connectivity index (χ0v) is 10.9. The average molecular weight is 280 g/mol. The van der Waals surface area contributed by atoms with Crippen LogP contribution in [0.25, 0.3) is 0 Å². The number of alkyl halides is 2. The second kappa shape index (κ2) is 6.27. The number of aromatic nitrogens is 2. The first-order valence-corrected chi connectivity index (χ1v) is 6.23. The summed E-state index contributed by atoms with van der Waals surface area (Å²) in [7, 11) is 0. The summed E-state index contributed by atoms with van der Waals surface area (Å²) >= 11 is 0. The Hall–Kier alpha value is -2.24. The molecule has 0 radical (unpaired) electrons. The van der Waals surface area contributed by atoms with Gasteiger partial charge in [0.25, 0.3) is 0 Å². The Labute approximate surface area is 115 Å². The molecule has 2 aromatic rings. The van der Waals surface area contributed by atoms with Crippen molar-refractivity contribution < 1.29 is 18.3 Å². The Bertz CT molecular complexity index is 596. The van der Waals surface area contributed by atoms with E-state index in [0.717, 1.165) is 6.42 Å². The number of rotatable bonds is 6. The first-order valence-electron chi connectivity index (χ1n) is 6.23. The minimum Gasteiger partial charge on any atom is -0.434 e. The summed E-state index contributed by atoms with van der Waals surface area (Å²) in [5, 5.41) is 0. The van der Waals surface area contributed by atoms with Gasteiger partial charge in [-0.05, 0) is 18.6 Å². The molecule has 0 aliphatic rings. The Morgan fingerprint density at radius 2 is 2.15 bits per heavy atom. The molecule has 1 aromatic heterocycles. The number of imidazole rings is 1. The molecule has 0 atom stereocenters. The first kappa shape index (κ1) is 14.2. The van der Waals surface area contributed by atoms with Gasteiger partial charge in [0.1, 0.15) is 5.75 Å². The molecule has 0 saturated heterocycles. The van der Waals surface area contributed by atoms with E-state index < -0.39 is 12.4 Å². The fraction of sp³-hybridized carbons (Fsp3) is 0.286. The van der Waals surface area contributed by atoms with Crippen molar-refractivity contribution >= 4 is 5.78 Å². The fourth-order valence-electron chi connectivity index (χ4n) is 1.91. The van der Waals surface area contributed by atoms with Gasteiger partial charge in [0, 0.05) is 18.9 Å². The van der Waals surface area contributed by atoms with Crippen LogP contribution in [0.15, 0.2) is 36.7 Å². The third-order valence-electron chi connectivity index (χ3n) is 2.73. The second-order valence-electron chi connectivity index (χ2n) is 4.15. The Morgan fingerprint density at radius 3 is 2.85 bits per heavy atom. The van der Waals surface area contributed by atoms with Crippen LogP contribution in [0.3, 0.4) is 0 Å². The standard InChI is InChI=1S/C14H14F2N2O2/c1-2-8-18-9-7-17-13(18)12(19)10-5-3-4-6-11(10)20-14(15)16/h3-7,9,14H,2,8H2,1H3. The number of halogens is 2. The predicted molar refractivity (Wildman–Crippen MR) is 69.0 cm³/mol. The van der Waals surface area contributed by atoms with Crippen LogP contribution in [-0.4, -0.2) is 21.9 Å². The molecule has 0 aliphatic heterocycles. The van der Waals surface area contributed by atoms with Gasteiger partial charge >= 0.3 is 6.61 Å². The highest BCUT2D eigenvalue weighted by Gasteiger charge is 2.20. The van der Waals surface area contributed by atoms with E-state index in [0.29, 0.717) is 6.54 Å². The molecule has 0 amide bonds. The topological polar surface area (TPSA) is 44.1 Å². The van der Waals surface area contributed by atoms with Crippen LogP contribution >= 0.6 is 0 Å². The van der Waals surface area contributed by atoms with Crippen molar-refractivity contribution in [1.82, 2.24) is 9.55 Å². The largest absolute Gasteiger partial charge is 0.434 e. The van der Waals surface area contributed by atoms with Gasteiger partial charge in [-0.2, -0.15) is 8.78 Å². The lowest BCUT2D eigenvalue weighted by atomic mass is 10.1. The smallest absolute Gasteiger partial charge is 0.387 e. The van der Waals surface area contributed by atoms with Gasteiger partial charge in [0.05, 0.1) is 5.56 Å². The van der Waals surface area contributed by atoms with Crippen molar-refractivity contribution in [3.8, 4) is 5.75 Å². The number of ether oxygens (including phenoxy) is 1. The van der Waals surface area contributed by atoms with Crippen molar-refractivity contribution in [3.63, 3.8) is 0 Å². The first-order chi connectivity index (χ1) is 9.63. The van der Waals surface area contributed by atoms with E-state index in [9.17, 15) is 13.6 Å². The van der Waals surface area contributed by atoms with Gasteiger partial charge < -0.3 is 9.30 Å². The number of ketones is 1. The summed E-state index contributed by atoms with van der Waals surface area (Å²) in [5.41, 5.74) is 0.0800. The highest BCUT2D eigenvalue weighted by molar-refractivity contribution is 6.08. The van der Waals surface area contributed by atoms with Crippen LogP contribution in [0.4, 0.5) is 8.78 Å². The maximum atomic E-state index is 12.4. The summed E-state index contributed by atoms with van der Waals surface area (Å²) in [5.74, 6) is -0.351. The molecule has 0 spiro atoms. The monoisotopic (exact) mass is 280 g/mol. The van der Waals surface area contributed by atoms with Crippen molar-refractivity contribution in [2.75, 3.05) is 0 Å². The number of hydrogen-bond acceptors (Lipinski definition) is 3. The van der Waals surface area contributed by atoms with Gasteiger partial charge in [-0.25, -0.2) is 4.98 Å². The van der Waals surface area contributed by atoms with Crippen LogP contribution < -0.4 is 4.74 Å². The summed E-state index contributed by atoms with van der Waals surface area (Å²) in [6.07, 6.45) is 4.04. The lowest BCUT2D eigenvalue weighted by Crippen LogP contribution is -2.13. The number of para-hydroxylation sites is 1. The Kier molecular flexibility index (Phi) is 4.45. The molecule has 0 bridgehead atoms. The molecule has 0 N–H and O–H groups in total. The van der Waals surface area contributed by atoms with Crippen molar-refractivity contribution in [1.29, 1.82) is 0 Å². The number of aryl methyl sites for hydroxylation is 1. The predicted octanol–water partition coefficient (Wildman–Crippen LogP) is 3.13. The van der Waals surface area contributed by atoms with Crippen LogP contribution in [0.1, 0.15) is 29.5 Å². The highest BCUT2D eigenvalue weighted by atomic mass is 19.3. The molecular formula is C14H14F2N2O2. The molecule has 6 heteroatoms. The summed E-state index contributed by atoms with van der Waals surface area (Å²) in [4.78, 5) is 16.4. The molecule has 106 valence electrons. The highest BCUT2D eigenvalue weighted by Crippen LogP contribution is 2.22. The van der Waals surface area contributed by atoms with Gasteiger partial charge in [0.2, 0.25) is 5.78 Å². The molecular weight excluding hydrogens is 266 g/mol. The van der Waals surface area contributed by atoms with Crippen LogP contribution in [-0.2, 0) is 6.54 Å². The molecule has 0 fully saturated rings. The molecule has 1 aromatic carbocycles. The van der Waals surface area contributed by atoms with Gasteiger partial charge in [-0.15, -0.1) is 0 Å². The van der Waals surface area contributed by atoms with Crippen LogP contribution in [0, 0.1) is 0 Å². The lowest BCUT2D eigenvalue weighted by Gasteiger charge is -2.10. The van der Waals surface area contributed by atoms with Gasteiger partial charge in [-0.3, -0.25) is 4.79 Å². The molecule has 0 aliphatic carbocycles. The van der Waals surface area contributed by atoms with Gasteiger partial charge in [0.15, 0.2) is 5.82 Å². The van der Waals surface area contributed by atoms with Crippen molar-refractivity contribution in [3.05, 3.63) is 48.0 Å². The van der Waals surface area contributed by atoms with E-state index >= 15 is 0 Å². The minimum absolute atomic E-state index is 0.0800. The maximum absolute atomic E-state index is 12.4. The third-order valence-corrected chi connectivity index (χ3v) is 2.73. The zero-order chi connectivity index (χ0) is 14.5. The van der Waals surface area contributed by atoms with E-state index in [-0.39, 0.29) is 17.1 Å². The van der Waals surface area contributed by atoms with E-state index in [4.69, 9.17) is 0 Å². The molecule has 2 rings (SSSR count). The third kappa shape index (κ3) is 3.01. The Morgan fingerprint density at radius 1 is 1.40 bits per heavy atom. The summed E-state index contributed by atoms with van der Waals surface area (Å²) in [6, 6.07) is 5.92. The Balaban J connectivity index is 2.35. The van der Waals surface area contributed by atoms with E-state index in [1.54, 1.807) is 16.8 Å². The zero-order valence-electron chi connectivity index (χ0n) is 10.9. The molecule has 0 unspecified atom stereocenters. The van der Waals surface area contributed by atoms with Crippen molar-refractivity contribution in [2.45, 2.75) is 26.5 Å². The van der Waals surface area contributed by atoms with Crippen LogP contribution in [0.5, 0.6) is 5.75 Å². The van der Waals surface area contributed by atoms with Crippen LogP contribution in [0.2, 0.25) is 0 Å². The summed E-state index contributed by atoms with van der Waals surface area (Å²) < 4.78 is 30.8. The minimum atomic E-state index is -2.97. The number of carbonyl (C=O) groups excluding carboxylic acids is 1. The van der Waals surface area contributed by atoms with E-state index in [1.165, 1.54) is 24.4 Å². The lowest BCUT2D eigenvalue weighted by molar-refractivity contribution is -0.0501. The summed E-state index contributed by atoms with van der Waals surface area (Å²) in [6.45, 7) is -0.361. The van der Waals surface area contributed by atoms with Gasteiger partial charge in [-0.1, -0.05) is 19.1 Å². The molecule has 20 heavy (non-hydrogen) atoms. The molecule has 0 saturated carbocycles. The van der Waals surface area contributed by atoms with Crippen molar-refractivity contribution in [2.24, 2.45) is 0 Å². The number of benzene rings is 1. The number of carbonyl (C=O) groups is 1. The fourth-order valence-corrected chi connectivity index (χ4v) is 1.91. The maximum Gasteiger partial charge on any atom is 0.387 e. The normalized spacial score (nSPS) is 10.8. The number of hydrogen-bond donors (Lipinski definition) is 0.